The molecule has 0 bridgehead atoms. The van der Waals surface area contributed by atoms with E-state index >= 15 is 0 Å². The van der Waals surface area contributed by atoms with Crippen molar-refractivity contribution in [2.75, 3.05) is 0 Å². The van der Waals surface area contributed by atoms with Crippen LogP contribution in [0.1, 0.15) is 27.2 Å². The van der Waals surface area contributed by atoms with Gasteiger partial charge in [-0.3, -0.25) is 0 Å². The van der Waals surface area contributed by atoms with Crippen molar-refractivity contribution >= 4 is 0 Å². The molecule has 0 saturated carbocycles. The first kappa shape index (κ1) is 6.81. The molecule has 0 spiro atoms. The van der Waals surface area contributed by atoms with Crippen LogP contribution in [0.3, 0.4) is 0 Å². The number of allylic oxidation sites excluding steroid dienone is 1. The summed E-state index contributed by atoms with van der Waals surface area (Å²) >= 11 is 0. The minimum absolute atomic E-state index is 0.444. The highest BCUT2D eigenvalue weighted by Gasteiger charge is 2.33. The molecule has 0 aliphatic carbocycles. The molecule has 0 amide bonds. The van der Waals surface area contributed by atoms with Gasteiger partial charge < -0.3 is 4.74 Å². The minimum Gasteiger partial charge on any atom is -0.363 e. The number of ether oxygens (including phenoxy) is 1. The van der Waals surface area contributed by atoms with Crippen molar-refractivity contribution in [1.82, 2.24) is 0 Å². The lowest BCUT2D eigenvalue weighted by molar-refractivity contribution is 0.411. The van der Waals surface area contributed by atoms with Crippen molar-refractivity contribution in [3.63, 3.8) is 0 Å². The molecule has 1 fully saturated rings. The normalized spacial score (nSPS) is 25.9. The predicted molar refractivity (Wildman–Crippen MR) is 37.8 cm³/mol. The Bertz CT molecular complexity index is 123. The zero-order valence-corrected chi connectivity index (χ0v) is 6.27. The maximum absolute atomic E-state index is 5.14. The van der Waals surface area contributed by atoms with Gasteiger partial charge in [-0.15, -0.1) is 0 Å². The van der Waals surface area contributed by atoms with E-state index in [1.54, 1.807) is 0 Å². The van der Waals surface area contributed by atoms with Gasteiger partial charge in [0.05, 0.1) is 6.10 Å². The van der Waals surface area contributed by atoms with E-state index in [2.05, 4.69) is 19.9 Å². The topological polar surface area (TPSA) is 12.5 Å². The first-order chi connectivity index (χ1) is 4.20. The Morgan fingerprint density at radius 3 is 2.56 bits per heavy atom. The Hall–Kier alpha value is -0.300. The first-order valence-electron chi connectivity index (χ1n) is 3.33. The van der Waals surface area contributed by atoms with Crippen LogP contribution >= 0.6 is 0 Å². The molecule has 0 aromatic heterocycles. The Morgan fingerprint density at radius 2 is 2.22 bits per heavy atom. The molecule has 0 unspecified atom stereocenters. The molecular formula is C8H13O. The fourth-order valence-electron chi connectivity index (χ4n) is 0.747. The van der Waals surface area contributed by atoms with Crippen molar-refractivity contribution in [2.45, 2.75) is 33.3 Å². The van der Waals surface area contributed by atoms with Crippen LogP contribution in [0.5, 0.6) is 0 Å². The van der Waals surface area contributed by atoms with Crippen LogP contribution in [-0.4, -0.2) is 6.10 Å². The number of hydrogen-bond donors (Lipinski definition) is 0. The molecule has 1 aliphatic rings. The van der Waals surface area contributed by atoms with Crippen LogP contribution in [0.15, 0.2) is 11.6 Å². The van der Waals surface area contributed by atoms with E-state index in [0.717, 1.165) is 6.42 Å². The molecule has 1 rings (SSSR count). The van der Waals surface area contributed by atoms with Crippen molar-refractivity contribution in [3.8, 4) is 0 Å². The first-order valence-corrected chi connectivity index (χ1v) is 3.33. The standard InChI is InChI=1S/C8H13O/c1-6(2)4-5-8-7(3)9-8/h4,8H,5H2,1-3H3/t8-/m1/s1. The summed E-state index contributed by atoms with van der Waals surface area (Å²) in [5, 5.41) is 0. The molecule has 1 radical (unpaired) electrons. The quantitative estimate of drug-likeness (QED) is 0.407. The van der Waals surface area contributed by atoms with Crippen molar-refractivity contribution in [1.29, 1.82) is 0 Å². The van der Waals surface area contributed by atoms with Gasteiger partial charge in [0.1, 0.15) is 6.10 Å². The molecule has 1 atom stereocenters. The SMILES string of the molecule is C[C]1O[C@@H]1CC=C(C)C. The molecule has 9 heavy (non-hydrogen) atoms. The molecule has 0 N–H and O–H groups in total. The van der Waals surface area contributed by atoms with Crippen molar-refractivity contribution < 1.29 is 4.74 Å². The summed E-state index contributed by atoms with van der Waals surface area (Å²) in [6.45, 7) is 6.25. The van der Waals surface area contributed by atoms with Crippen LogP contribution in [0, 0.1) is 6.10 Å². The average molecular weight is 125 g/mol. The van der Waals surface area contributed by atoms with Gasteiger partial charge in [-0.05, 0) is 27.2 Å². The molecule has 0 aromatic rings. The van der Waals surface area contributed by atoms with E-state index < -0.39 is 0 Å². The second-order valence-corrected chi connectivity index (χ2v) is 2.73. The highest BCUT2D eigenvalue weighted by Crippen LogP contribution is 2.32. The van der Waals surface area contributed by atoms with E-state index in [4.69, 9.17) is 4.74 Å². The number of rotatable bonds is 2. The van der Waals surface area contributed by atoms with Gasteiger partial charge in [-0.2, -0.15) is 0 Å². The molecule has 1 aliphatic heterocycles. The van der Waals surface area contributed by atoms with E-state index in [0.29, 0.717) is 6.10 Å². The number of epoxide rings is 1. The smallest absolute Gasteiger partial charge is 0.123 e. The summed E-state index contributed by atoms with van der Waals surface area (Å²) in [6.07, 6.45) is 4.90. The van der Waals surface area contributed by atoms with Gasteiger partial charge in [0.15, 0.2) is 0 Å². The second-order valence-electron chi connectivity index (χ2n) is 2.73. The maximum Gasteiger partial charge on any atom is 0.123 e. The van der Waals surface area contributed by atoms with Crippen LogP contribution in [-0.2, 0) is 4.74 Å². The zero-order valence-electron chi connectivity index (χ0n) is 6.27. The molecule has 0 aromatic carbocycles. The Labute approximate surface area is 56.7 Å². The average Bonchev–Trinajstić information content (AvgIpc) is 2.42. The minimum atomic E-state index is 0.444. The molecule has 1 saturated heterocycles. The third-order valence-corrected chi connectivity index (χ3v) is 1.46. The second kappa shape index (κ2) is 2.53. The van der Waals surface area contributed by atoms with E-state index in [-0.39, 0.29) is 0 Å². The summed E-state index contributed by atoms with van der Waals surface area (Å²) in [5.74, 6) is 0. The highest BCUT2D eigenvalue weighted by atomic mass is 16.6. The molecule has 1 nitrogen and oxygen atoms in total. The molecule has 1 heteroatoms. The highest BCUT2D eigenvalue weighted by molar-refractivity contribution is 5.05. The van der Waals surface area contributed by atoms with Gasteiger partial charge in [0.2, 0.25) is 0 Å². The third-order valence-electron chi connectivity index (χ3n) is 1.46. The Kier molecular flexibility index (Phi) is 1.91. The Morgan fingerprint density at radius 1 is 1.67 bits per heavy atom. The fourth-order valence-corrected chi connectivity index (χ4v) is 0.747. The van der Waals surface area contributed by atoms with Crippen LogP contribution in [0.2, 0.25) is 0 Å². The lowest BCUT2D eigenvalue weighted by atomic mass is 10.2. The fraction of sp³-hybridized carbons (Fsp3) is 0.625. The van der Waals surface area contributed by atoms with Gasteiger partial charge >= 0.3 is 0 Å². The Balaban J connectivity index is 2.14. The van der Waals surface area contributed by atoms with Gasteiger partial charge in [-0.1, -0.05) is 11.6 Å². The monoisotopic (exact) mass is 125 g/mol. The lowest BCUT2D eigenvalue weighted by Gasteiger charge is -1.86. The van der Waals surface area contributed by atoms with E-state index in [1.165, 1.54) is 11.7 Å². The summed E-state index contributed by atoms with van der Waals surface area (Å²) in [7, 11) is 0. The molecular weight excluding hydrogens is 112 g/mol. The van der Waals surface area contributed by atoms with Gasteiger partial charge in [0.25, 0.3) is 0 Å². The van der Waals surface area contributed by atoms with Gasteiger partial charge in [-0.25, -0.2) is 0 Å². The van der Waals surface area contributed by atoms with Crippen LogP contribution < -0.4 is 0 Å². The third kappa shape index (κ3) is 2.19. The molecule has 51 valence electrons. The molecule has 1 heterocycles. The largest absolute Gasteiger partial charge is 0.363 e. The van der Waals surface area contributed by atoms with Crippen LogP contribution in [0.4, 0.5) is 0 Å². The van der Waals surface area contributed by atoms with Crippen molar-refractivity contribution in [3.05, 3.63) is 17.8 Å². The lowest BCUT2D eigenvalue weighted by Crippen LogP contribution is -1.81. The summed E-state index contributed by atoms with van der Waals surface area (Å²) in [4.78, 5) is 0. The number of hydrogen-bond acceptors (Lipinski definition) is 1. The summed E-state index contributed by atoms with van der Waals surface area (Å²) in [6, 6.07) is 0. The van der Waals surface area contributed by atoms with E-state index in [1.807, 2.05) is 6.92 Å². The predicted octanol–water partition coefficient (Wildman–Crippen LogP) is 2.29. The van der Waals surface area contributed by atoms with Crippen LogP contribution in [0.25, 0.3) is 0 Å². The van der Waals surface area contributed by atoms with Crippen molar-refractivity contribution in [2.24, 2.45) is 0 Å². The summed E-state index contributed by atoms with van der Waals surface area (Å²) in [5.41, 5.74) is 1.37. The van der Waals surface area contributed by atoms with Gasteiger partial charge in [0, 0.05) is 0 Å². The van der Waals surface area contributed by atoms with E-state index in [9.17, 15) is 0 Å². The summed E-state index contributed by atoms with van der Waals surface area (Å²) < 4.78 is 5.14. The maximum atomic E-state index is 5.14. The zero-order chi connectivity index (χ0) is 6.85.